The summed E-state index contributed by atoms with van der Waals surface area (Å²) in [7, 11) is 1.62. The molecule has 0 unspecified atom stereocenters. The van der Waals surface area contributed by atoms with E-state index in [0.717, 1.165) is 29.7 Å². The minimum atomic E-state index is -0.741. The van der Waals surface area contributed by atoms with Gasteiger partial charge in [-0.1, -0.05) is 18.2 Å². The van der Waals surface area contributed by atoms with E-state index in [-0.39, 0.29) is 30.3 Å². The van der Waals surface area contributed by atoms with Crippen LogP contribution < -0.4 is 4.74 Å². The van der Waals surface area contributed by atoms with Gasteiger partial charge in [-0.25, -0.2) is 0 Å². The molecule has 1 fully saturated rings. The fourth-order valence-electron chi connectivity index (χ4n) is 5.37. The molecule has 3 atom stereocenters. The van der Waals surface area contributed by atoms with Gasteiger partial charge in [-0.3, -0.25) is 4.79 Å². The van der Waals surface area contributed by atoms with Crippen molar-refractivity contribution >= 4 is 11.4 Å². The van der Waals surface area contributed by atoms with Crippen molar-refractivity contribution in [2.24, 2.45) is 17.8 Å². The van der Waals surface area contributed by atoms with Crippen LogP contribution in [0.3, 0.4) is 0 Å². The first-order chi connectivity index (χ1) is 13.1. The number of methoxy groups -OCH3 is 1. The van der Waals surface area contributed by atoms with Gasteiger partial charge < -0.3 is 18.9 Å². The highest BCUT2D eigenvalue weighted by molar-refractivity contribution is 6.00. The lowest BCUT2D eigenvalue weighted by Crippen LogP contribution is -2.51. The zero-order chi connectivity index (χ0) is 18.6. The van der Waals surface area contributed by atoms with Crippen molar-refractivity contribution in [3.63, 3.8) is 0 Å². The third-order valence-electron chi connectivity index (χ3n) is 6.40. The highest BCUT2D eigenvalue weighted by atomic mass is 16.7. The Balaban J connectivity index is 1.57. The number of ether oxygens (including phenoxy) is 4. The Morgan fingerprint density at radius 3 is 2.85 bits per heavy atom. The van der Waals surface area contributed by atoms with Gasteiger partial charge in [0.25, 0.3) is 0 Å². The highest BCUT2D eigenvalue weighted by Gasteiger charge is 2.56. The summed E-state index contributed by atoms with van der Waals surface area (Å²) < 4.78 is 23.0. The largest absolute Gasteiger partial charge is 0.467 e. The van der Waals surface area contributed by atoms with Gasteiger partial charge in [0.1, 0.15) is 5.75 Å². The zero-order valence-electron chi connectivity index (χ0n) is 15.7. The molecule has 1 saturated heterocycles. The van der Waals surface area contributed by atoms with Crippen molar-refractivity contribution in [3.8, 4) is 5.75 Å². The Kier molecular flexibility index (Phi) is 4.00. The Morgan fingerprint density at radius 1 is 1.26 bits per heavy atom. The van der Waals surface area contributed by atoms with Crippen LogP contribution in [-0.2, 0) is 25.4 Å². The SMILES string of the molecule is COCOc1cccc2c1C1=CC[C@@H]3[C@@H](C(=O)C(C)=CC34OCCO4)[C@H]1C2. The number of fused-ring (bicyclic) bond motifs is 6. The molecule has 1 spiro atoms. The minimum absolute atomic E-state index is 0.0302. The molecule has 27 heavy (non-hydrogen) atoms. The fraction of sp³-hybridized carbons (Fsp3) is 0.500. The summed E-state index contributed by atoms with van der Waals surface area (Å²) in [6, 6.07) is 6.13. The molecule has 0 saturated carbocycles. The van der Waals surface area contributed by atoms with E-state index in [4.69, 9.17) is 18.9 Å². The summed E-state index contributed by atoms with van der Waals surface area (Å²) >= 11 is 0. The molecule has 1 heterocycles. The van der Waals surface area contributed by atoms with Gasteiger partial charge in [-0.2, -0.15) is 0 Å². The molecule has 1 aromatic carbocycles. The number of carbonyl (C=O) groups excluding carboxylic acids is 1. The smallest absolute Gasteiger partial charge is 0.192 e. The quantitative estimate of drug-likeness (QED) is 0.768. The van der Waals surface area contributed by atoms with Crippen molar-refractivity contribution in [2.75, 3.05) is 27.1 Å². The van der Waals surface area contributed by atoms with Crippen LogP contribution in [-0.4, -0.2) is 38.7 Å². The maximum Gasteiger partial charge on any atom is 0.192 e. The van der Waals surface area contributed by atoms with Crippen LogP contribution in [0.4, 0.5) is 0 Å². The van der Waals surface area contributed by atoms with E-state index in [0.29, 0.717) is 13.2 Å². The second-order valence-corrected chi connectivity index (χ2v) is 7.79. The normalized spacial score (nSPS) is 30.4. The number of allylic oxidation sites excluding steroid dienone is 3. The van der Waals surface area contributed by atoms with Crippen LogP contribution in [0.1, 0.15) is 24.5 Å². The molecule has 5 nitrogen and oxygen atoms in total. The molecule has 142 valence electrons. The van der Waals surface area contributed by atoms with Gasteiger partial charge in [-0.05, 0) is 54.5 Å². The number of hydrogen-bond acceptors (Lipinski definition) is 5. The maximum atomic E-state index is 13.2. The van der Waals surface area contributed by atoms with Gasteiger partial charge in [0.15, 0.2) is 18.4 Å². The standard InChI is InChI=1S/C22H24O5/c1-13-11-22(26-8-9-27-22)17-7-6-15-16(20(17)21(13)23)10-14-4-3-5-18(19(14)15)25-12-24-2/h3-6,11,16-17,20H,7-10,12H2,1-2H3/t16-,17+,20-/m0/s1. The monoisotopic (exact) mass is 368 g/mol. The molecule has 5 rings (SSSR count). The van der Waals surface area contributed by atoms with E-state index < -0.39 is 5.79 Å². The Hall–Kier alpha value is -1.95. The summed E-state index contributed by atoms with van der Waals surface area (Å²) in [6.07, 6.45) is 5.80. The number of carbonyl (C=O) groups is 1. The molecular formula is C22H24O5. The van der Waals surface area contributed by atoms with Crippen LogP contribution in [0.5, 0.6) is 5.75 Å². The number of rotatable bonds is 3. The fourth-order valence-corrected chi connectivity index (χ4v) is 5.37. The Labute approximate surface area is 158 Å². The predicted octanol–water partition coefficient (Wildman–Crippen LogP) is 3.13. The summed E-state index contributed by atoms with van der Waals surface area (Å²) in [5.41, 5.74) is 4.36. The molecule has 1 aromatic rings. The lowest BCUT2D eigenvalue weighted by Gasteiger charge is -2.45. The third-order valence-corrected chi connectivity index (χ3v) is 6.40. The summed E-state index contributed by atoms with van der Waals surface area (Å²) in [4.78, 5) is 13.2. The average molecular weight is 368 g/mol. The van der Waals surface area contributed by atoms with E-state index in [1.54, 1.807) is 7.11 Å². The number of ketones is 1. The Morgan fingerprint density at radius 2 is 2.07 bits per heavy atom. The molecule has 0 N–H and O–H groups in total. The number of Topliss-reactive ketones (excluding diaryl/α,β-unsaturated/α-hetero) is 1. The van der Waals surface area contributed by atoms with Crippen molar-refractivity contribution in [1.29, 1.82) is 0 Å². The second kappa shape index (κ2) is 6.30. The third kappa shape index (κ3) is 2.45. The molecule has 0 amide bonds. The predicted molar refractivity (Wildman–Crippen MR) is 99.1 cm³/mol. The first kappa shape index (κ1) is 17.2. The first-order valence-corrected chi connectivity index (χ1v) is 9.60. The van der Waals surface area contributed by atoms with E-state index in [2.05, 4.69) is 12.1 Å². The Bertz CT molecular complexity index is 846. The van der Waals surface area contributed by atoms with Gasteiger partial charge in [0, 0.05) is 24.5 Å². The molecule has 3 aliphatic carbocycles. The maximum absolute atomic E-state index is 13.2. The molecule has 1 aliphatic heterocycles. The van der Waals surface area contributed by atoms with E-state index in [1.807, 2.05) is 25.1 Å². The zero-order valence-corrected chi connectivity index (χ0v) is 15.7. The van der Waals surface area contributed by atoms with Crippen molar-refractivity contribution in [1.82, 2.24) is 0 Å². The van der Waals surface area contributed by atoms with E-state index in [9.17, 15) is 4.79 Å². The first-order valence-electron chi connectivity index (χ1n) is 9.60. The highest BCUT2D eigenvalue weighted by Crippen LogP contribution is 2.56. The number of benzene rings is 1. The van der Waals surface area contributed by atoms with Gasteiger partial charge in [-0.15, -0.1) is 0 Å². The van der Waals surface area contributed by atoms with Crippen molar-refractivity contribution in [3.05, 3.63) is 47.1 Å². The van der Waals surface area contributed by atoms with Gasteiger partial charge in [0.2, 0.25) is 0 Å². The van der Waals surface area contributed by atoms with Crippen molar-refractivity contribution < 1.29 is 23.7 Å². The van der Waals surface area contributed by atoms with Gasteiger partial charge >= 0.3 is 0 Å². The summed E-state index contributed by atoms with van der Waals surface area (Å²) in [5.74, 6) is 0.382. The summed E-state index contributed by atoms with van der Waals surface area (Å²) in [6.45, 7) is 3.26. The van der Waals surface area contributed by atoms with Gasteiger partial charge in [0.05, 0.1) is 13.2 Å². The number of hydrogen-bond donors (Lipinski definition) is 0. The van der Waals surface area contributed by atoms with Crippen molar-refractivity contribution in [2.45, 2.75) is 25.6 Å². The van der Waals surface area contributed by atoms with Crippen LogP contribution in [0, 0.1) is 17.8 Å². The van der Waals surface area contributed by atoms with E-state index in [1.165, 1.54) is 11.1 Å². The average Bonchev–Trinajstić information content (AvgIpc) is 3.29. The molecule has 0 radical (unpaired) electrons. The van der Waals surface area contributed by atoms with Crippen LogP contribution >= 0.6 is 0 Å². The molecule has 5 heteroatoms. The molecule has 4 aliphatic rings. The lowest BCUT2D eigenvalue weighted by atomic mass is 9.63. The van der Waals surface area contributed by atoms with Crippen LogP contribution in [0.2, 0.25) is 0 Å². The van der Waals surface area contributed by atoms with Crippen LogP contribution in [0.15, 0.2) is 35.9 Å². The lowest BCUT2D eigenvalue weighted by molar-refractivity contribution is -0.182. The summed E-state index contributed by atoms with van der Waals surface area (Å²) in [5, 5.41) is 0. The molecular weight excluding hydrogens is 344 g/mol. The second-order valence-electron chi connectivity index (χ2n) is 7.79. The molecule has 0 bridgehead atoms. The molecule has 0 aromatic heterocycles. The van der Waals surface area contributed by atoms with E-state index >= 15 is 0 Å². The minimum Gasteiger partial charge on any atom is -0.467 e. The topological polar surface area (TPSA) is 54.0 Å². The van der Waals surface area contributed by atoms with Crippen LogP contribution in [0.25, 0.3) is 5.57 Å².